The van der Waals surface area contributed by atoms with Crippen molar-refractivity contribution in [1.29, 1.82) is 0 Å². The van der Waals surface area contributed by atoms with Gasteiger partial charge in [0.2, 0.25) is 0 Å². The van der Waals surface area contributed by atoms with E-state index in [1.165, 1.54) is 0 Å². The molecular formula is C10H11F3N2O3. The molecular weight excluding hydrogens is 253 g/mol. The van der Waals surface area contributed by atoms with Crippen LogP contribution in [0.3, 0.4) is 0 Å². The second-order valence-electron chi connectivity index (χ2n) is 4.28. The van der Waals surface area contributed by atoms with Crippen LogP contribution in [0.2, 0.25) is 0 Å². The number of rotatable bonds is 4. The van der Waals surface area contributed by atoms with E-state index >= 15 is 0 Å². The van der Waals surface area contributed by atoms with Gasteiger partial charge in [-0.15, -0.1) is 0 Å². The second-order valence-corrected chi connectivity index (χ2v) is 4.28. The number of aromatic nitrogens is 2. The van der Waals surface area contributed by atoms with Crippen LogP contribution in [0, 0.1) is 5.41 Å². The van der Waals surface area contributed by atoms with Crippen molar-refractivity contribution >= 4 is 6.09 Å². The molecule has 100 valence electrons. The Balaban J connectivity index is 1.84. The number of nitrogens with zero attached hydrogens (tertiary/aromatic N) is 2. The Morgan fingerprint density at radius 1 is 1.56 bits per heavy atom. The summed E-state index contributed by atoms with van der Waals surface area (Å²) in [6, 6.07) is 0. The molecule has 1 N–H and O–H groups in total. The molecule has 5 nitrogen and oxygen atoms in total. The normalized spacial score (nSPS) is 17.5. The molecule has 0 bridgehead atoms. The van der Waals surface area contributed by atoms with Crippen molar-refractivity contribution < 1.29 is 27.8 Å². The first kappa shape index (κ1) is 12.7. The zero-order valence-corrected chi connectivity index (χ0v) is 9.28. The minimum Gasteiger partial charge on any atom is -0.490 e. The number of halogens is 3. The molecule has 1 fully saturated rings. The second kappa shape index (κ2) is 4.18. The van der Waals surface area contributed by atoms with Crippen molar-refractivity contribution in [3.63, 3.8) is 0 Å². The molecule has 1 saturated carbocycles. The fraction of sp³-hybridized carbons (Fsp3) is 0.600. The summed E-state index contributed by atoms with van der Waals surface area (Å²) in [5.74, 6) is 0.148. The minimum atomic E-state index is -4.19. The van der Waals surface area contributed by atoms with Gasteiger partial charge in [-0.1, -0.05) is 0 Å². The van der Waals surface area contributed by atoms with Gasteiger partial charge in [0.1, 0.15) is 0 Å². The van der Waals surface area contributed by atoms with Crippen LogP contribution in [-0.2, 0) is 0 Å². The fourth-order valence-corrected chi connectivity index (χ4v) is 1.68. The molecule has 1 aromatic heterocycles. The number of ether oxygens (including phenoxy) is 1. The number of hydrogen-bond acceptors (Lipinski definition) is 3. The van der Waals surface area contributed by atoms with Gasteiger partial charge in [0.05, 0.1) is 24.4 Å². The van der Waals surface area contributed by atoms with Crippen molar-refractivity contribution in [3.05, 3.63) is 12.4 Å². The Kier molecular flexibility index (Phi) is 2.95. The molecule has 0 atom stereocenters. The van der Waals surface area contributed by atoms with Gasteiger partial charge in [0.25, 0.3) is 0 Å². The summed E-state index contributed by atoms with van der Waals surface area (Å²) in [6.07, 6.45) is -3.06. The summed E-state index contributed by atoms with van der Waals surface area (Å²) in [5, 5.41) is 12.0. The molecule has 18 heavy (non-hydrogen) atoms. The number of carbonyl (C=O) groups is 1. The van der Waals surface area contributed by atoms with Crippen LogP contribution in [0.1, 0.15) is 19.3 Å². The molecule has 1 aliphatic carbocycles. The highest BCUT2D eigenvalue weighted by Gasteiger charge is 2.62. The van der Waals surface area contributed by atoms with Crippen LogP contribution < -0.4 is 4.74 Å². The van der Waals surface area contributed by atoms with E-state index in [4.69, 9.17) is 9.84 Å². The van der Waals surface area contributed by atoms with Gasteiger partial charge in [-0.2, -0.15) is 23.0 Å². The van der Waals surface area contributed by atoms with E-state index in [-0.39, 0.29) is 31.6 Å². The molecule has 1 aliphatic rings. The van der Waals surface area contributed by atoms with Crippen LogP contribution >= 0.6 is 0 Å². The molecule has 0 aromatic carbocycles. The number of hydrogen-bond donors (Lipinski definition) is 1. The maximum Gasteiger partial charge on any atom is 0.432 e. The summed E-state index contributed by atoms with van der Waals surface area (Å²) >= 11 is 0. The molecule has 0 spiro atoms. The number of carboxylic acid groups (broad SMARTS) is 1. The molecule has 2 rings (SSSR count). The highest BCUT2D eigenvalue weighted by Crippen LogP contribution is 2.59. The van der Waals surface area contributed by atoms with Crippen molar-refractivity contribution in [2.24, 2.45) is 5.41 Å². The zero-order valence-electron chi connectivity index (χ0n) is 9.28. The van der Waals surface area contributed by atoms with E-state index in [1.807, 2.05) is 0 Å². The van der Waals surface area contributed by atoms with Crippen LogP contribution in [0.25, 0.3) is 0 Å². The molecule has 1 heterocycles. The number of alkyl halides is 3. The summed E-state index contributed by atoms with van der Waals surface area (Å²) in [7, 11) is 0. The largest absolute Gasteiger partial charge is 0.490 e. The predicted octanol–water partition coefficient (Wildman–Crippen LogP) is 2.52. The molecule has 1 aromatic rings. The average molecular weight is 264 g/mol. The Morgan fingerprint density at radius 2 is 2.22 bits per heavy atom. The lowest BCUT2D eigenvalue weighted by molar-refractivity contribution is -0.190. The quantitative estimate of drug-likeness (QED) is 0.907. The van der Waals surface area contributed by atoms with Gasteiger partial charge in [-0.3, -0.25) is 0 Å². The maximum atomic E-state index is 12.6. The van der Waals surface area contributed by atoms with Gasteiger partial charge < -0.3 is 9.84 Å². The lowest BCUT2D eigenvalue weighted by Crippen LogP contribution is -2.26. The average Bonchev–Trinajstić information content (AvgIpc) is 2.89. The van der Waals surface area contributed by atoms with Crippen molar-refractivity contribution in [2.75, 3.05) is 6.61 Å². The standard InChI is InChI=1S/C10H11F3N2O3/c11-10(12,13)9(1-2-9)3-4-18-7-5-14-15(6-7)8(16)17/h5-6H,1-4H2,(H,16,17). The lowest BCUT2D eigenvalue weighted by Gasteiger charge is -2.18. The fourth-order valence-electron chi connectivity index (χ4n) is 1.68. The topological polar surface area (TPSA) is 64.3 Å². The Hall–Kier alpha value is -1.73. The highest BCUT2D eigenvalue weighted by molar-refractivity contribution is 5.66. The van der Waals surface area contributed by atoms with Crippen molar-refractivity contribution in [3.8, 4) is 5.75 Å². The molecule has 0 saturated heterocycles. The van der Waals surface area contributed by atoms with Crippen LogP contribution in [0.4, 0.5) is 18.0 Å². The van der Waals surface area contributed by atoms with Crippen LogP contribution in [-0.4, -0.2) is 33.8 Å². The first-order valence-corrected chi connectivity index (χ1v) is 5.32. The third-order valence-corrected chi connectivity index (χ3v) is 3.06. The highest BCUT2D eigenvalue weighted by atomic mass is 19.4. The van der Waals surface area contributed by atoms with Crippen LogP contribution in [0.5, 0.6) is 5.75 Å². The lowest BCUT2D eigenvalue weighted by atomic mass is 10.0. The van der Waals surface area contributed by atoms with E-state index in [1.54, 1.807) is 0 Å². The van der Waals surface area contributed by atoms with E-state index in [0.717, 1.165) is 12.4 Å². The van der Waals surface area contributed by atoms with Gasteiger partial charge >= 0.3 is 12.3 Å². The van der Waals surface area contributed by atoms with Gasteiger partial charge in [0, 0.05) is 0 Å². The molecule has 0 aliphatic heterocycles. The van der Waals surface area contributed by atoms with Crippen molar-refractivity contribution in [1.82, 2.24) is 9.78 Å². The van der Waals surface area contributed by atoms with E-state index in [9.17, 15) is 18.0 Å². The molecule has 8 heteroatoms. The predicted molar refractivity (Wildman–Crippen MR) is 53.5 cm³/mol. The zero-order chi connectivity index (χ0) is 13.4. The van der Waals surface area contributed by atoms with E-state index < -0.39 is 17.7 Å². The van der Waals surface area contributed by atoms with Crippen LogP contribution in [0.15, 0.2) is 12.4 Å². The maximum absolute atomic E-state index is 12.6. The summed E-state index contributed by atoms with van der Waals surface area (Å²) in [6.45, 7) is -0.106. The minimum absolute atomic E-state index is 0.106. The van der Waals surface area contributed by atoms with Gasteiger partial charge in [0.15, 0.2) is 5.75 Å². The first-order valence-electron chi connectivity index (χ1n) is 5.32. The summed E-state index contributed by atoms with van der Waals surface area (Å²) in [4.78, 5) is 10.5. The molecule has 0 radical (unpaired) electrons. The van der Waals surface area contributed by atoms with Gasteiger partial charge in [-0.05, 0) is 19.3 Å². The van der Waals surface area contributed by atoms with Gasteiger partial charge in [-0.25, -0.2) is 4.79 Å². The molecule has 0 amide bonds. The Bertz CT molecular complexity index is 451. The third kappa shape index (κ3) is 2.41. The Labute approximate surface area is 100 Å². The molecule has 0 unspecified atom stereocenters. The first-order chi connectivity index (χ1) is 8.34. The summed E-state index contributed by atoms with van der Waals surface area (Å²) < 4.78 is 43.4. The monoisotopic (exact) mass is 264 g/mol. The van der Waals surface area contributed by atoms with E-state index in [2.05, 4.69) is 5.10 Å². The van der Waals surface area contributed by atoms with E-state index in [0.29, 0.717) is 4.68 Å². The smallest absolute Gasteiger partial charge is 0.432 e. The summed E-state index contributed by atoms with van der Waals surface area (Å²) in [5.41, 5.74) is -1.60. The Morgan fingerprint density at radius 3 is 2.67 bits per heavy atom. The third-order valence-electron chi connectivity index (χ3n) is 3.06. The van der Waals surface area contributed by atoms with Crippen molar-refractivity contribution in [2.45, 2.75) is 25.4 Å². The SMILES string of the molecule is O=C(O)n1cc(OCCC2(C(F)(F)F)CC2)cn1.